The molecule has 33 heavy (non-hydrogen) atoms. The highest BCUT2D eigenvalue weighted by molar-refractivity contribution is 5.80. The van der Waals surface area contributed by atoms with E-state index in [2.05, 4.69) is 20.1 Å². The van der Waals surface area contributed by atoms with E-state index in [1.807, 2.05) is 54.5 Å². The van der Waals surface area contributed by atoms with Gasteiger partial charge in [0.15, 0.2) is 0 Å². The van der Waals surface area contributed by atoms with Crippen molar-refractivity contribution in [2.45, 2.75) is 45.1 Å². The summed E-state index contributed by atoms with van der Waals surface area (Å²) < 4.78 is 5.51. The Morgan fingerprint density at radius 2 is 1.94 bits per heavy atom. The first-order valence-electron chi connectivity index (χ1n) is 11.9. The summed E-state index contributed by atoms with van der Waals surface area (Å²) in [5.74, 6) is 1.72. The molecule has 2 aliphatic heterocycles. The van der Waals surface area contributed by atoms with Crippen molar-refractivity contribution in [1.82, 2.24) is 25.1 Å². The molecule has 0 bridgehead atoms. The minimum absolute atomic E-state index is 0.0251. The summed E-state index contributed by atoms with van der Waals surface area (Å²) in [4.78, 5) is 26.8. The molecule has 0 saturated carbocycles. The summed E-state index contributed by atoms with van der Waals surface area (Å²) in [5, 5.41) is 7.50. The van der Waals surface area contributed by atoms with Gasteiger partial charge in [-0.15, -0.1) is 0 Å². The van der Waals surface area contributed by atoms with E-state index in [1.165, 1.54) is 12.8 Å². The summed E-state index contributed by atoms with van der Waals surface area (Å²) in [6.45, 7) is 5.34. The monoisotopic (exact) mass is 446 g/mol. The average Bonchev–Trinajstić information content (AvgIpc) is 3.62. The molecule has 5 rings (SSSR count). The number of carbonyl (C=O) groups excluding carboxylic acids is 1. The van der Waals surface area contributed by atoms with E-state index in [9.17, 15) is 4.79 Å². The van der Waals surface area contributed by atoms with Crippen LogP contribution < -0.4 is 9.64 Å². The minimum Gasteiger partial charge on any atom is -0.494 e. The number of hydrogen-bond acceptors (Lipinski definition) is 6. The molecule has 2 aromatic heterocycles. The van der Waals surface area contributed by atoms with E-state index in [1.54, 1.807) is 0 Å². The van der Waals surface area contributed by atoms with Crippen molar-refractivity contribution in [2.75, 3.05) is 31.1 Å². The van der Waals surface area contributed by atoms with E-state index in [0.29, 0.717) is 13.0 Å². The van der Waals surface area contributed by atoms with Gasteiger partial charge in [-0.3, -0.25) is 9.89 Å². The molecule has 3 aromatic rings. The van der Waals surface area contributed by atoms with Crippen LogP contribution in [0.15, 0.2) is 42.7 Å². The van der Waals surface area contributed by atoms with Crippen molar-refractivity contribution in [3.05, 3.63) is 54.0 Å². The lowest BCUT2D eigenvalue weighted by Gasteiger charge is -2.25. The lowest BCUT2D eigenvalue weighted by molar-refractivity contribution is -0.131. The molecule has 0 spiro atoms. The second-order valence-electron chi connectivity index (χ2n) is 8.63. The number of carbonyl (C=O) groups is 1. The smallest absolute Gasteiger partial charge is 0.227 e. The Balaban J connectivity index is 1.34. The molecule has 1 N–H and O–H groups in total. The molecular weight excluding hydrogens is 416 g/mol. The van der Waals surface area contributed by atoms with Crippen LogP contribution in [-0.4, -0.2) is 57.2 Å². The predicted octanol–water partition coefficient (Wildman–Crippen LogP) is 3.77. The Labute approximate surface area is 194 Å². The van der Waals surface area contributed by atoms with Gasteiger partial charge in [-0.25, -0.2) is 9.97 Å². The molecule has 1 aromatic carbocycles. The van der Waals surface area contributed by atoms with Gasteiger partial charge in [0.25, 0.3) is 0 Å². The Hall–Kier alpha value is -3.42. The van der Waals surface area contributed by atoms with Gasteiger partial charge < -0.3 is 14.5 Å². The number of ether oxygens (including phenoxy) is 1. The van der Waals surface area contributed by atoms with Crippen molar-refractivity contribution >= 4 is 11.9 Å². The van der Waals surface area contributed by atoms with Crippen LogP contribution in [0.3, 0.4) is 0 Å². The van der Waals surface area contributed by atoms with Crippen LogP contribution >= 0.6 is 0 Å². The molecule has 1 atom stereocenters. The van der Waals surface area contributed by atoms with Gasteiger partial charge in [-0.1, -0.05) is 12.1 Å². The molecule has 8 heteroatoms. The summed E-state index contributed by atoms with van der Waals surface area (Å²) in [6, 6.07) is 9.69. The first kappa shape index (κ1) is 21.4. The first-order valence-corrected chi connectivity index (χ1v) is 11.9. The number of nitrogens with zero attached hydrogens (tertiary/aromatic N) is 5. The second-order valence-corrected chi connectivity index (χ2v) is 8.63. The average molecular weight is 447 g/mol. The number of aromatic amines is 1. The lowest BCUT2D eigenvalue weighted by atomic mass is 10.0. The van der Waals surface area contributed by atoms with Gasteiger partial charge in [0.1, 0.15) is 5.75 Å². The molecule has 8 nitrogen and oxygen atoms in total. The third-order valence-corrected chi connectivity index (χ3v) is 6.47. The number of amides is 1. The Kier molecular flexibility index (Phi) is 6.24. The zero-order chi connectivity index (χ0) is 22.6. The molecular formula is C25H30N6O2. The molecule has 2 saturated heterocycles. The van der Waals surface area contributed by atoms with Crippen LogP contribution in [0.4, 0.5) is 5.95 Å². The number of benzene rings is 1. The van der Waals surface area contributed by atoms with Crippen molar-refractivity contribution in [1.29, 1.82) is 0 Å². The topological polar surface area (TPSA) is 87.2 Å². The standard InChI is InChI=1S/C25H30N6O2/c1-2-33-19-9-7-18(8-10-19)16-23(32)31-15-5-6-22(31)24-20(17-27-29-24)21-11-12-26-25(28-21)30-13-3-4-14-30/h7-12,17,22H,2-6,13-16H2,1H3,(H,27,29). The van der Waals surface area contributed by atoms with Crippen molar-refractivity contribution in [2.24, 2.45) is 0 Å². The summed E-state index contributed by atoms with van der Waals surface area (Å²) in [5.41, 5.74) is 3.74. The van der Waals surface area contributed by atoms with Crippen LogP contribution in [0, 0.1) is 0 Å². The number of nitrogens with one attached hydrogen (secondary N) is 1. The predicted molar refractivity (Wildman–Crippen MR) is 126 cm³/mol. The van der Waals surface area contributed by atoms with Crippen LogP contribution in [0.2, 0.25) is 0 Å². The van der Waals surface area contributed by atoms with E-state index < -0.39 is 0 Å². The molecule has 1 amide bonds. The molecule has 2 aliphatic rings. The van der Waals surface area contributed by atoms with Crippen LogP contribution in [0.5, 0.6) is 5.75 Å². The SMILES string of the molecule is CCOc1ccc(CC(=O)N2CCCC2c2[nH]ncc2-c2ccnc(N3CCCC3)n2)cc1. The van der Waals surface area contributed by atoms with Crippen molar-refractivity contribution in [3.63, 3.8) is 0 Å². The number of aromatic nitrogens is 4. The molecule has 2 fully saturated rings. The number of likely N-dealkylation sites (tertiary alicyclic amines) is 1. The van der Waals surface area contributed by atoms with Gasteiger partial charge in [-0.05, 0) is 56.4 Å². The quantitative estimate of drug-likeness (QED) is 0.594. The fourth-order valence-corrected chi connectivity index (χ4v) is 4.83. The van der Waals surface area contributed by atoms with E-state index in [4.69, 9.17) is 9.72 Å². The highest BCUT2D eigenvalue weighted by atomic mass is 16.5. The summed E-state index contributed by atoms with van der Waals surface area (Å²) in [6.07, 6.45) is 8.25. The fraction of sp³-hybridized carbons (Fsp3) is 0.440. The maximum Gasteiger partial charge on any atom is 0.227 e. The zero-order valence-corrected chi connectivity index (χ0v) is 19.0. The molecule has 0 radical (unpaired) electrons. The summed E-state index contributed by atoms with van der Waals surface area (Å²) in [7, 11) is 0. The highest BCUT2D eigenvalue weighted by Crippen LogP contribution is 2.36. The number of H-pyrrole nitrogens is 1. The molecule has 1 unspecified atom stereocenters. The fourth-order valence-electron chi connectivity index (χ4n) is 4.83. The lowest BCUT2D eigenvalue weighted by Crippen LogP contribution is -2.32. The number of hydrogen-bond donors (Lipinski definition) is 1. The van der Waals surface area contributed by atoms with Crippen LogP contribution in [0.1, 0.15) is 49.9 Å². The van der Waals surface area contributed by atoms with Crippen LogP contribution in [0.25, 0.3) is 11.3 Å². The number of anilines is 1. The normalized spacial score (nSPS) is 18.2. The minimum atomic E-state index is -0.0251. The largest absolute Gasteiger partial charge is 0.494 e. The van der Waals surface area contributed by atoms with Crippen LogP contribution in [-0.2, 0) is 11.2 Å². The molecule has 172 valence electrons. The molecule has 4 heterocycles. The van der Waals surface area contributed by atoms with E-state index >= 15 is 0 Å². The van der Waals surface area contributed by atoms with E-state index in [-0.39, 0.29) is 11.9 Å². The third-order valence-electron chi connectivity index (χ3n) is 6.47. The highest BCUT2D eigenvalue weighted by Gasteiger charge is 2.33. The van der Waals surface area contributed by atoms with Gasteiger partial charge in [0.2, 0.25) is 11.9 Å². The maximum absolute atomic E-state index is 13.2. The number of rotatable bonds is 7. The van der Waals surface area contributed by atoms with Gasteiger partial charge in [0, 0.05) is 31.4 Å². The maximum atomic E-state index is 13.2. The van der Waals surface area contributed by atoms with Crippen molar-refractivity contribution in [3.8, 4) is 17.0 Å². The molecule has 0 aliphatic carbocycles. The van der Waals surface area contributed by atoms with Crippen molar-refractivity contribution < 1.29 is 9.53 Å². The third kappa shape index (κ3) is 4.55. The second kappa shape index (κ2) is 9.60. The zero-order valence-electron chi connectivity index (χ0n) is 19.0. The Morgan fingerprint density at radius 1 is 1.12 bits per heavy atom. The summed E-state index contributed by atoms with van der Waals surface area (Å²) >= 11 is 0. The first-order chi connectivity index (χ1) is 16.2. The van der Waals surface area contributed by atoms with E-state index in [0.717, 1.165) is 66.7 Å². The Bertz CT molecular complexity index is 1090. The Morgan fingerprint density at radius 3 is 2.73 bits per heavy atom. The van der Waals surface area contributed by atoms with Gasteiger partial charge in [-0.2, -0.15) is 5.10 Å². The van der Waals surface area contributed by atoms with Gasteiger partial charge >= 0.3 is 0 Å². The van der Waals surface area contributed by atoms with Gasteiger partial charge in [0.05, 0.1) is 36.7 Å².